The molecule has 90 valence electrons. The number of hydrogen-bond donors (Lipinski definition) is 1. The van der Waals surface area contributed by atoms with E-state index in [0.29, 0.717) is 11.0 Å². The molecule has 2 rings (SSSR count). The monoisotopic (exact) mass is 229 g/mol. The van der Waals surface area contributed by atoms with Gasteiger partial charge in [0.15, 0.2) is 0 Å². The molecule has 3 nitrogen and oxygen atoms in total. The number of hydrogen-bond acceptors (Lipinski definition) is 3. The summed E-state index contributed by atoms with van der Waals surface area (Å²) in [5.41, 5.74) is 8.88. The van der Waals surface area contributed by atoms with Gasteiger partial charge in [-0.05, 0) is 36.5 Å². The van der Waals surface area contributed by atoms with Crippen molar-refractivity contribution >= 4 is 11.4 Å². The van der Waals surface area contributed by atoms with Crippen molar-refractivity contribution in [2.75, 3.05) is 23.7 Å². The van der Waals surface area contributed by atoms with Crippen molar-refractivity contribution in [1.29, 1.82) is 5.26 Å². The highest BCUT2D eigenvalue weighted by Gasteiger charge is 2.26. The molecular formula is C14H19N3. The third kappa shape index (κ3) is 2.52. The molecule has 3 heteroatoms. The van der Waals surface area contributed by atoms with E-state index in [-0.39, 0.29) is 0 Å². The van der Waals surface area contributed by atoms with Gasteiger partial charge in [0.1, 0.15) is 0 Å². The van der Waals surface area contributed by atoms with Gasteiger partial charge in [-0.3, -0.25) is 0 Å². The van der Waals surface area contributed by atoms with E-state index in [4.69, 9.17) is 11.0 Å². The molecule has 0 radical (unpaired) electrons. The fraction of sp³-hybridized carbons (Fsp3) is 0.500. The van der Waals surface area contributed by atoms with Gasteiger partial charge in [0.25, 0.3) is 0 Å². The van der Waals surface area contributed by atoms with E-state index < -0.39 is 0 Å². The van der Waals surface area contributed by atoms with Crippen LogP contribution >= 0.6 is 0 Å². The highest BCUT2D eigenvalue weighted by atomic mass is 15.1. The molecule has 1 heterocycles. The van der Waals surface area contributed by atoms with Crippen LogP contribution in [0.3, 0.4) is 0 Å². The topological polar surface area (TPSA) is 53.0 Å². The Morgan fingerprint density at radius 3 is 2.53 bits per heavy atom. The summed E-state index contributed by atoms with van der Waals surface area (Å²) in [7, 11) is 0. The Morgan fingerprint density at radius 2 is 1.94 bits per heavy atom. The summed E-state index contributed by atoms with van der Waals surface area (Å²) in [6.45, 7) is 6.65. The molecular weight excluding hydrogens is 210 g/mol. The van der Waals surface area contributed by atoms with Gasteiger partial charge < -0.3 is 10.6 Å². The van der Waals surface area contributed by atoms with Crippen LogP contribution in [0.5, 0.6) is 0 Å². The Bertz CT molecular complexity index is 447. The van der Waals surface area contributed by atoms with E-state index in [1.807, 2.05) is 12.1 Å². The van der Waals surface area contributed by atoms with Crippen LogP contribution in [0.25, 0.3) is 0 Å². The highest BCUT2D eigenvalue weighted by molar-refractivity contribution is 5.69. The number of nitrogens with two attached hydrogens (primary N) is 1. The number of piperidine rings is 1. The summed E-state index contributed by atoms with van der Waals surface area (Å²) in [6.07, 6.45) is 2.34. The summed E-state index contributed by atoms with van der Waals surface area (Å²) in [5, 5.41) is 8.93. The number of nitrogens with zero attached hydrogens (tertiary/aromatic N) is 2. The van der Waals surface area contributed by atoms with Crippen molar-refractivity contribution in [3.63, 3.8) is 0 Å². The lowest BCUT2D eigenvalue weighted by Crippen LogP contribution is -2.37. The molecule has 0 aromatic heterocycles. The molecule has 1 aromatic rings. The zero-order valence-electron chi connectivity index (χ0n) is 10.5. The van der Waals surface area contributed by atoms with Crippen LogP contribution in [0.2, 0.25) is 0 Å². The molecule has 1 aromatic carbocycles. The minimum Gasteiger partial charge on any atom is -0.397 e. The van der Waals surface area contributed by atoms with E-state index in [2.05, 4.69) is 24.8 Å². The molecule has 1 fully saturated rings. The van der Waals surface area contributed by atoms with Crippen molar-refractivity contribution in [3.05, 3.63) is 23.8 Å². The van der Waals surface area contributed by atoms with Crippen LogP contribution in [0.4, 0.5) is 11.4 Å². The molecule has 1 aliphatic heterocycles. The SMILES string of the molecule is CC1(C)CCN(c2cc(C#N)ccc2N)CC1. The maximum absolute atomic E-state index is 8.93. The maximum atomic E-state index is 8.93. The molecule has 0 atom stereocenters. The minimum absolute atomic E-state index is 0.429. The van der Waals surface area contributed by atoms with Crippen LogP contribution in [0, 0.1) is 16.7 Å². The summed E-state index contributed by atoms with van der Waals surface area (Å²) in [6, 6.07) is 7.66. The predicted molar refractivity (Wildman–Crippen MR) is 70.8 cm³/mol. The van der Waals surface area contributed by atoms with Gasteiger partial charge in [-0.25, -0.2) is 0 Å². The number of anilines is 2. The normalized spacial score (nSPS) is 18.8. The van der Waals surface area contributed by atoms with Crippen LogP contribution in [-0.2, 0) is 0 Å². The lowest BCUT2D eigenvalue weighted by atomic mass is 9.82. The van der Waals surface area contributed by atoms with Crippen LogP contribution in [0.1, 0.15) is 32.3 Å². The summed E-state index contributed by atoms with van der Waals surface area (Å²) in [4.78, 5) is 2.29. The lowest BCUT2D eigenvalue weighted by molar-refractivity contribution is 0.280. The van der Waals surface area contributed by atoms with Gasteiger partial charge >= 0.3 is 0 Å². The average Bonchev–Trinajstić information content (AvgIpc) is 2.30. The first-order chi connectivity index (χ1) is 8.02. The van der Waals surface area contributed by atoms with E-state index in [1.54, 1.807) is 6.07 Å². The lowest BCUT2D eigenvalue weighted by Gasteiger charge is -2.38. The molecule has 0 saturated carbocycles. The first-order valence-electron chi connectivity index (χ1n) is 6.06. The van der Waals surface area contributed by atoms with Gasteiger partial charge in [0.2, 0.25) is 0 Å². The first-order valence-corrected chi connectivity index (χ1v) is 6.06. The Balaban J connectivity index is 2.21. The van der Waals surface area contributed by atoms with E-state index in [0.717, 1.165) is 24.5 Å². The molecule has 2 N–H and O–H groups in total. The Kier molecular flexibility index (Phi) is 2.97. The van der Waals surface area contributed by atoms with Crippen molar-refractivity contribution in [2.24, 2.45) is 5.41 Å². The maximum Gasteiger partial charge on any atom is 0.0992 e. The summed E-state index contributed by atoms with van der Waals surface area (Å²) in [5.74, 6) is 0. The second-order valence-electron chi connectivity index (χ2n) is 5.54. The minimum atomic E-state index is 0.429. The van der Waals surface area contributed by atoms with Crippen LogP contribution < -0.4 is 10.6 Å². The standard InChI is InChI=1S/C14H19N3/c1-14(2)5-7-17(8-6-14)13-9-11(10-15)3-4-12(13)16/h3-4,9H,5-8,16H2,1-2H3. The van der Waals surface area contributed by atoms with Crippen molar-refractivity contribution < 1.29 is 0 Å². The van der Waals surface area contributed by atoms with Crippen molar-refractivity contribution in [1.82, 2.24) is 0 Å². The molecule has 1 saturated heterocycles. The third-order valence-corrected chi connectivity index (χ3v) is 3.62. The Hall–Kier alpha value is -1.69. The Labute approximate surface area is 103 Å². The fourth-order valence-electron chi connectivity index (χ4n) is 2.24. The van der Waals surface area contributed by atoms with Crippen LogP contribution in [-0.4, -0.2) is 13.1 Å². The van der Waals surface area contributed by atoms with Gasteiger partial charge in [0.05, 0.1) is 23.0 Å². The molecule has 0 amide bonds. The van der Waals surface area contributed by atoms with Crippen molar-refractivity contribution in [2.45, 2.75) is 26.7 Å². The first kappa shape index (κ1) is 11.8. The fourth-order valence-corrected chi connectivity index (χ4v) is 2.24. The quantitative estimate of drug-likeness (QED) is 0.753. The largest absolute Gasteiger partial charge is 0.397 e. The number of benzene rings is 1. The highest BCUT2D eigenvalue weighted by Crippen LogP contribution is 2.34. The predicted octanol–water partition coefficient (Wildman–Crippen LogP) is 2.77. The summed E-state index contributed by atoms with van der Waals surface area (Å²) < 4.78 is 0. The Morgan fingerprint density at radius 1 is 1.29 bits per heavy atom. The van der Waals surface area contributed by atoms with Crippen molar-refractivity contribution in [3.8, 4) is 6.07 Å². The van der Waals surface area contributed by atoms with E-state index >= 15 is 0 Å². The molecule has 1 aliphatic rings. The number of nitrogen functional groups attached to an aromatic ring is 1. The second kappa shape index (κ2) is 4.29. The molecule has 0 aliphatic carbocycles. The van der Waals surface area contributed by atoms with Gasteiger partial charge in [-0.15, -0.1) is 0 Å². The molecule has 0 unspecified atom stereocenters. The molecule has 0 bridgehead atoms. The average molecular weight is 229 g/mol. The zero-order valence-corrected chi connectivity index (χ0v) is 10.5. The number of rotatable bonds is 1. The molecule has 17 heavy (non-hydrogen) atoms. The van der Waals surface area contributed by atoms with E-state index in [9.17, 15) is 0 Å². The number of nitriles is 1. The van der Waals surface area contributed by atoms with Gasteiger partial charge in [0, 0.05) is 13.1 Å². The molecule has 0 spiro atoms. The summed E-state index contributed by atoms with van der Waals surface area (Å²) >= 11 is 0. The third-order valence-electron chi connectivity index (χ3n) is 3.62. The van der Waals surface area contributed by atoms with Gasteiger partial charge in [-0.1, -0.05) is 13.8 Å². The second-order valence-corrected chi connectivity index (χ2v) is 5.54. The van der Waals surface area contributed by atoms with Crippen LogP contribution in [0.15, 0.2) is 18.2 Å². The van der Waals surface area contributed by atoms with Gasteiger partial charge in [-0.2, -0.15) is 5.26 Å². The zero-order chi connectivity index (χ0) is 12.5. The van der Waals surface area contributed by atoms with E-state index in [1.165, 1.54) is 12.8 Å². The smallest absolute Gasteiger partial charge is 0.0992 e.